The van der Waals surface area contributed by atoms with E-state index in [2.05, 4.69) is 10.4 Å². The summed E-state index contributed by atoms with van der Waals surface area (Å²) in [6, 6.07) is 11.2. The Hall–Kier alpha value is -2.51. The number of hydrogen-bond acceptors (Lipinski definition) is 5. The van der Waals surface area contributed by atoms with Gasteiger partial charge in [-0.3, -0.25) is 9.59 Å². The predicted molar refractivity (Wildman–Crippen MR) is 112 cm³/mol. The molecule has 138 valence electrons. The van der Waals surface area contributed by atoms with E-state index in [-0.39, 0.29) is 11.5 Å². The molecule has 0 fully saturated rings. The smallest absolute Gasteiger partial charge is 0.276 e. The first-order chi connectivity index (χ1) is 13.1. The lowest BCUT2D eigenvalue weighted by molar-refractivity contribution is -0.125. The summed E-state index contributed by atoms with van der Waals surface area (Å²) in [7, 11) is 0. The lowest BCUT2D eigenvalue weighted by atomic mass is 10.1. The molecule has 4 aromatic rings. The van der Waals surface area contributed by atoms with E-state index in [0.717, 1.165) is 25.4 Å². The van der Waals surface area contributed by atoms with Crippen LogP contribution in [-0.2, 0) is 11.3 Å². The molecule has 0 aliphatic carbocycles. The lowest BCUT2D eigenvalue weighted by Gasteiger charge is -2.17. The number of amides is 1. The van der Waals surface area contributed by atoms with Crippen LogP contribution in [-0.4, -0.2) is 15.7 Å². The number of hydrogen-bond donors (Lipinski definition) is 1. The third-order valence-corrected chi connectivity index (χ3v) is 6.76. The van der Waals surface area contributed by atoms with Gasteiger partial charge in [-0.05, 0) is 30.9 Å². The fourth-order valence-corrected chi connectivity index (χ4v) is 5.04. The Morgan fingerprint density at radius 3 is 2.81 bits per heavy atom. The van der Waals surface area contributed by atoms with Crippen molar-refractivity contribution < 1.29 is 4.79 Å². The highest BCUT2D eigenvalue weighted by Gasteiger charge is 2.24. The van der Waals surface area contributed by atoms with Crippen LogP contribution < -0.4 is 10.9 Å². The molecule has 0 aliphatic rings. The summed E-state index contributed by atoms with van der Waals surface area (Å²) in [4.78, 5) is 27.1. The lowest BCUT2D eigenvalue weighted by Crippen LogP contribution is -2.38. The number of fused-ring (bicyclic) bond motifs is 3. The Balaban J connectivity index is 1.77. The molecule has 4 rings (SSSR count). The molecule has 1 N–H and O–H groups in total. The number of carbonyl (C=O) groups is 1. The van der Waals surface area contributed by atoms with Crippen molar-refractivity contribution in [3.8, 4) is 0 Å². The first-order valence-corrected chi connectivity index (χ1v) is 10.5. The molecule has 27 heavy (non-hydrogen) atoms. The number of rotatable bonds is 5. The molecule has 1 amide bonds. The Bertz CT molecular complexity index is 1180. The van der Waals surface area contributed by atoms with Gasteiger partial charge in [-0.15, -0.1) is 22.7 Å². The average Bonchev–Trinajstić information content (AvgIpc) is 3.32. The molecule has 0 aliphatic heterocycles. The van der Waals surface area contributed by atoms with Gasteiger partial charge >= 0.3 is 0 Å². The molecule has 7 heteroatoms. The predicted octanol–water partition coefficient (Wildman–Crippen LogP) is 4.25. The van der Waals surface area contributed by atoms with Gasteiger partial charge in [0.25, 0.3) is 5.56 Å². The summed E-state index contributed by atoms with van der Waals surface area (Å²) < 4.78 is 3.31. The van der Waals surface area contributed by atoms with Gasteiger partial charge in [0.05, 0.1) is 22.3 Å². The van der Waals surface area contributed by atoms with Gasteiger partial charge in [0.2, 0.25) is 5.91 Å². The number of nitrogens with one attached hydrogen (secondary N) is 1. The summed E-state index contributed by atoms with van der Waals surface area (Å²) in [6.45, 7) is 4.25. The first kappa shape index (κ1) is 17.9. The van der Waals surface area contributed by atoms with E-state index < -0.39 is 6.04 Å². The van der Waals surface area contributed by atoms with Crippen LogP contribution >= 0.6 is 22.7 Å². The second-order valence-electron chi connectivity index (χ2n) is 6.36. The number of aryl methyl sites for hydroxylation is 1. The fourth-order valence-electron chi connectivity index (χ4n) is 3.27. The SMILES string of the molecule is CC[C@H](C(=O)NCc1cccs1)n1nc(C)c2sc3ccccc3c2c1=O. The monoisotopic (exact) mass is 397 g/mol. The van der Waals surface area contributed by atoms with Gasteiger partial charge in [-0.1, -0.05) is 31.2 Å². The van der Waals surface area contributed by atoms with E-state index in [4.69, 9.17) is 0 Å². The minimum absolute atomic E-state index is 0.182. The molecule has 0 saturated carbocycles. The van der Waals surface area contributed by atoms with Crippen LogP contribution in [0, 0.1) is 6.92 Å². The van der Waals surface area contributed by atoms with Crippen molar-refractivity contribution in [2.45, 2.75) is 32.9 Å². The number of thiophene rings is 2. The first-order valence-electron chi connectivity index (χ1n) is 8.81. The van der Waals surface area contributed by atoms with Gasteiger partial charge < -0.3 is 5.32 Å². The van der Waals surface area contributed by atoms with Crippen molar-refractivity contribution in [1.29, 1.82) is 0 Å². The van der Waals surface area contributed by atoms with Gasteiger partial charge in [-0.2, -0.15) is 5.10 Å². The van der Waals surface area contributed by atoms with Crippen LogP contribution in [0.3, 0.4) is 0 Å². The number of carbonyl (C=O) groups excluding carboxylic acids is 1. The van der Waals surface area contributed by atoms with Crippen LogP contribution in [0.15, 0.2) is 46.6 Å². The minimum Gasteiger partial charge on any atom is -0.349 e. The minimum atomic E-state index is -0.626. The molecule has 0 radical (unpaired) electrons. The average molecular weight is 398 g/mol. The quantitative estimate of drug-likeness (QED) is 0.548. The molecule has 5 nitrogen and oxygen atoms in total. The molecule has 3 heterocycles. The maximum Gasteiger partial charge on any atom is 0.276 e. The Morgan fingerprint density at radius 2 is 2.07 bits per heavy atom. The van der Waals surface area contributed by atoms with Crippen molar-refractivity contribution in [2.24, 2.45) is 0 Å². The summed E-state index contributed by atoms with van der Waals surface area (Å²) in [6.07, 6.45) is 0.496. The normalized spacial score (nSPS) is 12.5. The number of nitrogens with zero attached hydrogens (tertiary/aromatic N) is 2. The van der Waals surface area contributed by atoms with Crippen molar-refractivity contribution >= 4 is 48.8 Å². The van der Waals surface area contributed by atoms with Crippen LogP contribution in [0.2, 0.25) is 0 Å². The Morgan fingerprint density at radius 1 is 1.26 bits per heavy atom. The van der Waals surface area contributed by atoms with E-state index in [0.29, 0.717) is 18.4 Å². The molecule has 0 bridgehead atoms. The molecular weight excluding hydrogens is 378 g/mol. The highest BCUT2D eigenvalue weighted by Crippen LogP contribution is 2.33. The van der Waals surface area contributed by atoms with E-state index >= 15 is 0 Å². The van der Waals surface area contributed by atoms with Crippen LogP contribution in [0.5, 0.6) is 0 Å². The zero-order valence-electron chi connectivity index (χ0n) is 15.1. The van der Waals surface area contributed by atoms with Crippen molar-refractivity contribution in [3.63, 3.8) is 0 Å². The van der Waals surface area contributed by atoms with E-state index in [1.54, 1.807) is 22.7 Å². The zero-order chi connectivity index (χ0) is 19.0. The summed E-state index contributed by atoms with van der Waals surface area (Å²) >= 11 is 3.16. The highest BCUT2D eigenvalue weighted by molar-refractivity contribution is 7.26. The maximum absolute atomic E-state index is 13.2. The van der Waals surface area contributed by atoms with Crippen LogP contribution in [0.1, 0.15) is 30.0 Å². The van der Waals surface area contributed by atoms with Gasteiger partial charge in [0.15, 0.2) is 0 Å². The van der Waals surface area contributed by atoms with E-state index in [1.807, 2.05) is 55.6 Å². The van der Waals surface area contributed by atoms with Crippen molar-refractivity contribution in [1.82, 2.24) is 15.1 Å². The third kappa shape index (κ3) is 3.17. The summed E-state index contributed by atoms with van der Waals surface area (Å²) in [5.74, 6) is -0.182. The zero-order valence-corrected chi connectivity index (χ0v) is 16.7. The molecule has 1 aromatic carbocycles. The largest absolute Gasteiger partial charge is 0.349 e. The summed E-state index contributed by atoms with van der Waals surface area (Å²) in [5, 5.41) is 11.0. The van der Waals surface area contributed by atoms with Gasteiger partial charge in [0.1, 0.15) is 6.04 Å². The molecular formula is C20H19N3O2S2. The molecule has 1 atom stereocenters. The van der Waals surface area contributed by atoms with Crippen molar-refractivity contribution in [3.05, 3.63) is 62.7 Å². The second kappa shape index (κ2) is 7.25. The van der Waals surface area contributed by atoms with Gasteiger partial charge in [0, 0.05) is 15.0 Å². The standard InChI is InChI=1S/C20H19N3O2S2/c1-3-15(19(24)21-11-13-7-6-10-26-13)23-20(25)17-14-8-4-5-9-16(14)27-18(17)12(2)22-23/h4-10,15H,3,11H2,1-2H3,(H,21,24)/t15-/m1/s1. The van der Waals surface area contributed by atoms with Gasteiger partial charge in [-0.25, -0.2) is 4.68 Å². The maximum atomic E-state index is 13.2. The van der Waals surface area contributed by atoms with Crippen molar-refractivity contribution in [2.75, 3.05) is 0 Å². The van der Waals surface area contributed by atoms with Crippen LogP contribution in [0.25, 0.3) is 20.2 Å². The molecule has 0 unspecified atom stereocenters. The Labute approximate surface area is 164 Å². The third-order valence-electron chi connectivity index (χ3n) is 4.61. The highest BCUT2D eigenvalue weighted by atomic mass is 32.1. The van der Waals surface area contributed by atoms with E-state index in [9.17, 15) is 9.59 Å². The summed E-state index contributed by atoms with van der Waals surface area (Å²) in [5.41, 5.74) is 0.571. The fraction of sp³-hybridized carbons (Fsp3) is 0.250. The number of aromatic nitrogens is 2. The second-order valence-corrected chi connectivity index (χ2v) is 8.44. The molecule has 3 aromatic heterocycles. The topological polar surface area (TPSA) is 64.0 Å². The van der Waals surface area contributed by atoms with Crippen LogP contribution in [0.4, 0.5) is 0 Å². The number of benzene rings is 1. The Kier molecular flexibility index (Phi) is 4.80. The van der Waals surface area contributed by atoms with E-state index in [1.165, 1.54) is 4.68 Å². The molecule has 0 saturated heterocycles. The molecule has 0 spiro atoms.